The van der Waals surface area contributed by atoms with Gasteiger partial charge >= 0.3 is 0 Å². The molecule has 0 aromatic carbocycles. The van der Waals surface area contributed by atoms with E-state index >= 15 is 0 Å². The van der Waals surface area contributed by atoms with Gasteiger partial charge in [0, 0.05) is 0 Å². The van der Waals surface area contributed by atoms with Crippen molar-refractivity contribution < 1.29 is 0 Å². The molecule has 1 heterocycles. The Bertz CT molecular complexity index is 339. The first kappa shape index (κ1) is 19.7. The fourth-order valence-corrected chi connectivity index (χ4v) is 4.15. The van der Waals surface area contributed by atoms with Gasteiger partial charge in [-0.3, -0.25) is 0 Å². The maximum atomic E-state index is 2.38. The Labute approximate surface area is 143 Å². The molecule has 22 heavy (non-hydrogen) atoms. The van der Waals surface area contributed by atoms with E-state index in [0.29, 0.717) is 0 Å². The van der Waals surface area contributed by atoms with Gasteiger partial charge in [0.1, 0.15) is 0 Å². The number of aryl methyl sites for hydroxylation is 2. The number of thiophene rings is 1. The molecule has 1 aromatic heterocycles. The van der Waals surface area contributed by atoms with Crippen molar-refractivity contribution in [2.75, 3.05) is 0 Å². The summed E-state index contributed by atoms with van der Waals surface area (Å²) in [5.41, 5.74) is 3.26. The second kappa shape index (κ2) is 14.3. The second-order valence-corrected chi connectivity index (χ2v) is 7.55. The van der Waals surface area contributed by atoms with Crippen LogP contribution >= 0.6 is 11.3 Å². The summed E-state index contributed by atoms with van der Waals surface area (Å²) >= 11 is 1.89. The molecule has 0 bridgehead atoms. The summed E-state index contributed by atoms with van der Waals surface area (Å²) in [5.74, 6) is 0. The van der Waals surface area contributed by atoms with Crippen LogP contribution in [0.1, 0.15) is 108 Å². The highest BCUT2D eigenvalue weighted by Crippen LogP contribution is 2.20. The van der Waals surface area contributed by atoms with Crippen LogP contribution < -0.4 is 0 Å². The number of hydrogen-bond acceptors (Lipinski definition) is 1. The molecule has 0 atom stereocenters. The maximum absolute atomic E-state index is 2.38. The van der Waals surface area contributed by atoms with Crippen LogP contribution in [0.4, 0.5) is 0 Å². The van der Waals surface area contributed by atoms with Crippen LogP contribution in [0.2, 0.25) is 0 Å². The van der Waals surface area contributed by atoms with Crippen LogP contribution in [-0.2, 0) is 12.8 Å². The standard InChI is InChI=1S/C21H38S/c1-3-5-6-7-8-9-10-11-12-13-14-15-17-21-19-22-18-20(21)16-4-2/h18-19H,3-17H2,1-2H3. The molecule has 0 unspecified atom stereocenters. The SMILES string of the molecule is CCCCCCCCCCCCCCc1cscc1CCC. The zero-order valence-corrected chi connectivity index (χ0v) is 16.0. The Hall–Kier alpha value is -0.300. The van der Waals surface area contributed by atoms with E-state index < -0.39 is 0 Å². The summed E-state index contributed by atoms with van der Waals surface area (Å²) in [7, 11) is 0. The largest absolute Gasteiger partial charge is 0.152 e. The Morgan fingerprint density at radius 2 is 1.00 bits per heavy atom. The van der Waals surface area contributed by atoms with Crippen molar-refractivity contribution in [3.05, 3.63) is 21.9 Å². The van der Waals surface area contributed by atoms with Gasteiger partial charge in [-0.15, -0.1) is 0 Å². The fourth-order valence-electron chi connectivity index (χ4n) is 3.21. The summed E-state index contributed by atoms with van der Waals surface area (Å²) in [6, 6.07) is 0. The molecule has 0 nitrogen and oxygen atoms in total. The zero-order valence-electron chi connectivity index (χ0n) is 15.2. The minimum Gasteiger partial charge on any atom is -0.152 e. The molecule has 0 aliphatic rings. The third kappa shape index (κ3) is 9.66. The van der Waals surface area contributed by atoms with Crippen molar-refractivity contribution in [3.8, 4) is 0 Å². The Balaban J connectivity index is 1.86. The van der Waals surface area contributed by atoms with Gasteiger partial charge in [-0.25, -0.2) is 0 Å². The van der Waals surface area contributed by atoms with Gasteiger partial charge in [0.15, 0.2) is 0 Å². The van der Waals surface area contributed by atoms with Crippen LogP contribution in [0.3, 0.4) is 0 Å². The van der Waals surface area contributed by atoms with Gasteiger partial charge in [0.2, 0.25) is 0 Å². The smallest absolute Gasteiger partial charge is 0.00584 e. The lowest BCUT2D eigenvalue weighted by molar-refractivity contribution is 0.544. The predicted molar refractivity (Wildman–Crippen MR) is 103 cm³/mol. The van der Waals surface area contributed by atoms with E-state index in [2.05, 4.69) is 24.6 Å². The monoisotopic (exact) mass is 322 g/mol. The second-order valence-electron chi connectivity index (χ2n) is 6.81. The maximum Gasteiger partial charge on any atom is -0.00584 e. The van der Waals surface area contributed by atoms with Gasteiger partial charge in [-0.1, -0.05) is 90.9 Å². The quantitative estimate of drug-likeness (QED) is 0.287. The van der Waals surface area contributed by atoms with Gasteiger partial charge in [-0.05, 0) is 41.1 Å². The minimum absolute atomic E-state index is 1.27. The normalized spacial score (nSPS) is 11.2. The molecular weight excluding hydrogens is 284 g/mol. The summed E-state index contributed by atoms with van der Waals surface area (Å²) in [4.78, 5) is 0. The van der Waals surface area contributed by atoms with Crippen molar-refractivity contribution in [2.45, 2.75) is 110 Å². The molecule has 0 saturated heterocycles. The molecule has 0 saturated carbocycles. The molecule has 0 N–H and O–H groups in total. The average molecular weight is 323 g/mol. The fraction of sp³-hybridized carbons (Fsp3) is 0.810. The van der Waals surface area contributed by atoms with E-state index in [9.17, 15) is 0 Å². The Kier molecular flexibility index (Phi) is 12.8. The van der Waals surface area contributed by atoms with E-state index in [1.807, 2.05) is 11.3 Å². The summed E-state index contributed by atoms with van der Waals surface area (Å²) in [5, 5.41) is 4.74. The molecule has 128 valence electrons. The van der Waals surface area contributed by atoms with Crippen LogP contribution in [0, 0.1) is 0 Å². The first-order valence-corrected chi connectivity index (χ1v) is 10.9. The number of unbranched alkanes of at least 4 members (excludes halogenated alkanes) is 11. The molecule has 1 heteroatoms. The van der Waals surface area contributed by atoms with Crippen molar-refractivity contribution in [2.24, 2.45) is 0 Å². The molecule has 1 rings (SSSR count). The Morgan fingerprint density at radius 1 is 0.545 bits per heavy atom. The van der Waals surface area contributed by atoms with E-state index in [4.69, 9.17) is 0 Å². The average Bonchev–Trinajstić information content (AvgIpc) is 2.96. The topological polar surface area (TPSA) is 0 Å². The molecule has 0 radical (unpaired) electrons. The molecule has 0 aliphatic heterocycles. The van der Waals surface area contributed by atoms with Crippen LogP contribution in [0.5, 0.6) is 0 Å². The summed E-state index contributed by atoms with van der Waals surface area (Å²) < 4.78 is 0. The summed E-state index contributed by atoms with van der Waals surface area (Å²) in [6.07, 6.45) is 21.2. The van der Waals surface area contributed by atoms with Gasteiger partial charge in [-0.2, -0.15) is 11.3 Å². The van der Waals surface area contributed by atoms with E-state index in [1.165, 1.54) is 96.3 Å². The summed E-state index contributed by atoms with van der Waals surface area (Å²) in [6.45, 7) is 4.58. The van der Waals surface area contributed by atoms with Gasteiger partial charge in [0.05, 0.1) is 0 Å². The van der Waals surface area contributed by atoms with Gasteiger partial charge < -0.3 is 0 Å². The van der Waals surface area contributed by atoms with E-state index in [-0.39, 0.29) is 0 Å². The molecule has 0 amide bonds. The first-order chi connectivity index (χ1) is 10.9. The van der Waals surface area contributed by atoms with Gasteiger partial charge in [0.25, 0.3) is 0 Å². The third-order valence-corrected chi connectivity index (χ3v) is 5.49. The van der Waals surface area contributed by atoms with E-state index in [0.717, 1.165) is 0 Å². The molecule has 0 fully saturated rings. The van der Waals surface area contributed by atoms with Crippen molar-refractivity contribution >= 4 is 11.3 Å². The highest BCUT2D eigenvalue weighted by molar-refractivity contribution is 7.08. The number of rotatable bonds is 15. The molecule has 0 spiro atoms. The predicted octanol–water partition coefficient (Wildman–Crippen LogP) is 7.94. The number of hydrogen-bond donors (Lipinski definition) is 0. The van der Waals surface area contributed by atoms with Crippen molar-refractivity contribution in [3.63, 3.8) is 0 Å². The van der Waals surface area contributed by atoms with Crippen molar-refractivity contribution in [1.82, 2.24) is 0 Å². The van der Waals surface area contributed by atoms with Crippen LogP contribution in [0.15, 0.2) is 10.8 Å². The molecular formula is C21H38S. The van der Waals surface area contributed by atoms with E-state index in [1.54, 1.807) is 11.1 Å². The highest BCUT2D eigenvalue weighted by atomic mass is 32.1. The zero-order chi connectivity index (χ0) is 15.9. The third-order valence-electron chi connectivity index (χ3n) is 4.65. The molecule has 0 aliphatic carbocycles. The minimum atomic E-state index is 1.27. The first-order valence-electron chi connectivity index (χ1n) is 9.92. The van der Waals surface area contributed by atoms with Crippen LogP contribution in [-0.4, -0.2) is 0 Å². The lowest BCUT2D eigenvalue weighted by atomic mass is 10.0. The lowest BCUT2D eigenvalue weighted by Gasteiger charge is -2.04. The van der Waals surface area contributed by atoms with Crippen molar-refractivity contribution in [1.29, 1.82) is 0 Å². The Morgan fingerprint density at radius 3 is 1.50 bits per heavy atom. The molecule has 1 aromatic rings. The van der Waals surface area contributed by atoms with Crippen LogP contribution in [0.25, 0.3) is 0 Å². The lowest BCUT2D eigenvalue weighted by Crippen LogP contribution is -1.90. The highest BCUT2D eigenvalue weighted by Gasteiger charge is 2.02.